The van der Waals surface area contributed by atoms with E-state index in [1.165, 1.54) is 19.3 Å². The van der Waals surface area contributed by atoms with Gasteiger partial charge in [0, 0.05) is 18.6 Å². The van der Waals surface area contributed by atoms with E-state index in [1.54, 1.807) is 0 Å². The molecule has 2 fully saturated rings. The molecule has 0 radical (unpaired) electrons. The fourth-order valence-electron chi connectivity index (χ4n) is 2.22. The summed E-state index contributed by atoms with van der Waals surface area (Å²) in [5, 5.41) is 3.23. The van der Waals surface area contributed by atoms with Crippen molar-refractivity contribution in [2.75, 3.05) is 12.3 Å². The van der Waals surface area contributed by atoms with Gasteiger partial charge in [-0.1, -0.05) is 19.3 Å². The summed E-state index contributed by atoms with van der Waals surface area (Å²) >= 11 is 0. The lowest BCUT2D eigenvalue weighted by Gasteiger charge is -2.22. The van der Waals surface area contributed by atoms with Crippen molar-refractivity contribution in [1.29, 1.82) is 0 Å². The van der Waals surface area contributed by atoms with Gasteiger partial charge in [0.05, 0.1) is 5.75 Å². The largest absolute Gasteiger partial charge is 0.313 e. The molecule has 2 saturated carbocycles. The minimum absolute atomic E-state index is 0.194. The van der Waals surface area contributed by atoms with E-state index in [0.29, 0.717) is 12.6 Å². The molecule has 0 aromatic rings. The average Bonchev–Trinajstić information content (AvgIpc) is 3.02. The lowest BCUT2D eigenvalue weighted by molar-refractivity contribution is 0.412. The Kier molecular flexibility index (Phi) is 4.21. The first-order valence-corrected chi connectivity index (χ1v) is 8.04. The predicted molar refractivity (Wildman–Crippen MR) is 64.8 cm³/mol. The highest BCUT2D eigenvalue weighted by Gasteiger charge is 2.23. The van der Waals surface area contributed by atoms with Crippen LogP contribution in [-0.2, 0) is 10.0 Å². The van der Waals surface area contributed by atoms with Crippen LogP contribution in [0.4, 0.5) is 0 Å². The summed E-state index contributed by atoms with van der Waals surface area (Å²) < 4.78 is 26.3. The van der Waals surface area contributed by atoms with Crippen molar-refractivity contribution in [1.82, 2.24) is 10.0 Å². The second-order valence-corrected chi connectivity index (χ2v) is 6.87. The SMILES string of the molecule is O=S(=O)(CCNC1CC1)NC1CCCCC1. The van der Waals surface area contributed by atoms with Crippen LogP contribution in [0.15, 0.2) is 0 Å². The van der Waals surface area contributed by atoms with Gasteiger partial charge in [-0.05, 0) is 25.7 Å². The molecule has 2 aliphatic rings. The molecule has 0 spiro atoms. The lowest BCUT2D eigenvalue weighted by Crippen LogP contribution is -2.40. The lowest BCUT2D eigenvalue weighted by atomic mass is 9.96. The molecule has 0 aromatic carbocycles. The molecule has 0 atom stereocenters. The first-order chi connectivity index (χ1) is 7.66. The van der Waals surface area contributed by atoms with Crippen LogP contribution < -0.4 is 10.0 Å². The molecule has 0 amide bonds. The molecule has 2 aliphatic carbocycles. The van der Waals surface area contributed by atoms with Crippen molar-refractivity contribution in [3.8, 4) is 0 Å². The van der Waals surface area contributed by atoms with Crippen molar-refractivity contribution in [2.45, 2.75) is 57.0 Å². The van der Waals surface area contributed by atoms with E-state index in [1.807, 2.05) is 0 Å². The van der Waals surface area contributed by atoms with E-state index >= 15 is 0 Å². The molecule has 0 saturated heterocycles. The summed E-state index contributed by atoms with van der Waals surface area (Å²) in [6.07, 6.45) is 8.00. The molecule has 0 heterocycles. The zero-order chi connectivity index (χ0) is 11.4. The molecule has 0 aromatic heterocycles. The van der Waals surface area contributed by atoms with Crippen LogP contribution in [0.2, 0.25) is 0 Å². The van der Waals surface area contributed by atoms with Gasteiger partial charge < -0.3 is 5.32 Å². The second-order valence-electron chi connectivity index (χ2n) is 5.00. The Hall–Kier alpha value is -0.130. The van der Waals surface area contributed by atoms with Gasteiger partial charge in [-0.3, -0.25) is 0 Å². The number of hydrogen-bond donors (Lipinski definition) is 2. The van der Waals surface area contributed by atoms with Gasteiger partial charge in [-0.15, -0.1) is 0 Å². The highest BCUT2D eigenvalue weighted by Crippen LogP contribution is 2.19. The summed E-state index contributed by atoms with van der Waals surface area (Å²) in [6, 6.07) is 0.782. The summed E-state index contributed by atoms with van der Waals surface area (Å²) in [7, 11) is -3.06. The van der Waals surface area contributed by atoms with Gasteiger partial charge >= 0.3 is 0 Å². The summed E-state index contributed by atoms with van der Waals surface area (Å²) in [6.45, 7) is 0.590. The summed E-state index contributed by atoms with van der Waals surface area (Å²) in [5.41, 5.74) is 0. The number of hydrogen-bond acceptors (Lipinski definition) is 3. The predicted octanol–water partition coefficient (Wildman–Crippen LogP) is 0.990. The fourth-order valence-corrected chi connectivity index (χ4v) is 3.47. The molecule has 0 aliphatic heterocycles. The maximum Gasteiger partial charge on any atom is 0.213 e. The first kappa shape index (κ1) is 12.3. The Bertz CT molecular complexity index is 306. The zero-order valence-corrected chi connectivity index (χ0v) is 10.6. The van der Waals surface area contributed by atoms with Crippen molar-refractivity contribution in [3.63, 3.8) is 0 Å². The van der Waals surface area contributed by atoms with Gasteiger partial charge in [-0.25, -0.2) is 13.1 Å². The third kappa shape index (κ3) is 4.39. The normalized spacial score (nSPS) is 23.5. The molecule has 0 bridgehead atoms. The van der Waals surface area contributed by atoms with Crippen LogP contribution in [0.25, 0.3) is 0 Å². The molecule has 4 nitrogen and oxygen atoms in total. The molecule has 2 N–H and O–H groups in total. The first-order valence-electron chi connectivity index (χ1n) is 6.39. The van der Waals surface area contributed by atoms with E-state index in [9.17, 15) is 8.42 Å². The minimum atomic E-state index is -3.06. The maximum atomic E-state index is 11.7. The fraction of sp³-hybridized carbons (Fsp3) is 1.00. The molecule has 16 heavy (non-hydrogen) atoms. The zero-order valence-electron chi connectivity index (χ0n) is 9.74. The van der Waals surface area contributed by atoms with Crippen LogP contribution in [0.1, 0.15) is 44.9 Å². The monoisotopic (exact) mass is 246 g/mol. The standard InChI is InChI=1S/C11H22N2O2S/c14-16(15,9-8-12-10-6-7-10)13-11-4-2-1-3-5-11/h10-13H,1-9H2. The Morgan fingerprint density at radius 1 is 0.938 bits per heavy atom. The van der Waals surface area contributed by atoms with E-state index in [2.05, 4.69) is 10.0 Å². The van der Waals surface area contributed by atoms with Gasteiger partial charge in [0.1, 0.15) is 0 Å². The van der Waals surface area contributed by atoms with E-state index in [0.717, 1.165) is 25.7 Å². The van der Waals surface area contributed by atoms with E-state index in [-0.39, 0.29) is 11.8 Å². The van der Waals surface area contributed by atoms with Crippen molar-refractivity contribution >= 4 is 10.0 Å². The number of nitrogens with one attached hydrogen (secondary N) is 2. The smallest absolute Gasteiger partial charge is 0.213 e. The Labute approximate surface area is 98.2 Å². The molecular formula is C11H22N2O2S. The minimum Gasteiger partial charge on any atom is -0.313 e. The number of sulfonamides is 1. The van der Waals surface area contributed by atoms with Crippen molar-refractivity contribution in [3.05, 3.63) is 0 Å². The Morgan fingerprint density at radius 3 is 2.25 bits per heavy atom. The summed E-state index contributed by atoms with van der Waals surface area (Å²) in [4.78, 5) is 0. The van der Waals surface area contributed by atoms with Gasteiger partial charge in [-0.2, -0.15) is 0 Å². The van der Waals surface area contributed by atoms with E-state index < -0.39 is 10.0 Å². The van der Waals surface area contributed by atoms with Crippen molar-refractivity contribution < 1.29 is 8.42 Å². The Morgan fingerprint density at radius 2 is 1.62 bits per heavy atom. The Balaban J connectivity index is 1.68. The van der Waals surface area contributed by atoms with Crippen LogP contribution in [0.3, 0.4) is 0 Å². The van der Waals surface area contributed by atoms with Gasteiger partial charge in [0.2, 0.25) is 10.0 Å². The molecule has 5 heteroatoms. The van der Waals surface area contributed by atoms with Crippen LogP contribution in [-0.4, -0.2) is 32.8 Å². The quantitative estimate of drug-likeness (QED) is 0.735. The second kappa shape index (κ2) is 5.47. The highest BCUT2D eigenvalue weighted by atomic mass is 32.2. The maximum absolute atomic E-state index is 11.7. The van der Waals surface area contributed by atoms with Crippen LogP contribution in [0, 0.1) is 0 Å². The van der Waals surface area contributed by atoms with Gasteiger partial charge in [0.25, 0.3) is 0 Å². The third-order valence-corrected chi connectivity index (χ3v) is 4.77. The molecular weight excluding hydrogens is 224 g/mol. The topological polar surface area (TPSA) is 58.2 Å². The van der Waals surface area contributed by atoms with Crippen LogP contribution >= 0.6 is 0 Å². The average molecular weight is 246 g/mol. The summed E-state index contributed by atoms with van der Waals surface area (Å²) in [5.74, 6) is 0.222. The third-order valence-electron chi connectivity index (χ3n) is 3.33. The van der Waals surface area contributed by atoms with Gasteiger partial charge in [0.15, 0.2) is 0 Å². The number of rotatable bonds is 6. The molecule has 2 rings (SSSR count). The van der Waals surface area contributed by atoms with Crippen molar-refractivity contribution in [2.24, 2.45) is 0 Å². The molecule has 94 valence electrons. The molecule has 0 unspecified atom stereocenters. The highest BCUT2D eigenvalue weighted by molar-refractivity contribution is 7.89. The van der Waals surface area contributed by atoms with E-state index in [4.69, 9.17) is 0 Å². The van der Waals surface area contributed by atoms with Crippen LogP contribution in [0.5, 0.6) is 0 Å².